The normalized spacial score (nSPS) is 22.7. The maximum Gasteiger partial charge on any atom is 0.250 e. The summed E-state index contributed by atoms with van der Waals surface area (Å²) in [5.41, 5.74) is 6.60. The lowest BCUT2D eigenvalue weighted by molar-refractivity contribution is 0.556. The fraction of sp³-hybridized carbons (Fsp3) is 0.636. The monoisotopic (exact) mass is 274 g/mol. The van der Waals surface area contributed by atoms with Gasteiger partial charge in [0.1, 0.15) is 4.21 Å². The second kappa shape index (κ2) is 4.05. The number of nitrogens with one attached hydrogen (secondary N) is 1. The lowest BCUT2D eigenvalue weighted by Gasteiger charge is -2.05. The van der Waals surface area contributed by atoms with Gasteiger partial charge in [0.15, 0.2) is 0 Å². The molecule has 1 unspecified atom stereocenters. The van der Waals surface area contributed by atoms with Crippen molar-refractivity contribution in [1.82, 2.24) is 4.72 Å². The van der Waals surface area contributed by atoms with E-state index in [1.54, 1.807) is 6.07 Å². The van der Waals surface area contributed by atoms with E-state index in [0.29, 0.717) is 10.8 Å². The Morgan fingerprint density at radius 2 is 2.18 bits per heavy atom. The van der Waals surface area contributed by atoms with Gasteiger partial charge in [-0.25, -0.2) is 13.1 Å². The summed E-state index contributed by atoms with van der Waals surface area (Å²) in [5.74, 6) is 0. The smallest absolute Gasteiger partial charge is 0.250 e. The zero-order valence-corrected chi connectivity index (χ0v) is 11.9. The molecule has 1 aromatic rings. The molecule has 1 fully saturated rings. The second-order valence-electron chi connectivity index (χ2n) is 5.24. The number of sulfonamides is 1. The minimum atomic E-state index is -3.37. The zero-order valence-electron chi connectivity index (χ0n) is 10.3. The van der Waals surface area contributed by atoms with Crippen molar-refractivity contribution >= 4 is 21.4 Å². The van der Waals surface area contributed by atoms with Crippen molar-refractivity contribution in [2.75, 3.05) is 0 Å². The first kappa shape index (κ1) is 13.0. The van der Waals surface area contributed by atoms with E-state index in [1.165, 1.54) is 11.3 Å². The molecule has 4 nitrogen and oxygen atoms in total. The topological polar surface area (TPSA) is 72.2 Å². The average Bonchev–Trinajstić information content (AvgIpc) is 2.63. The van der Waals surface area contributed by atoms with E-state index in [9.17, 15) is 8.42 Å². The summed E-state index contributed by atoms with van der Waals surface area (Å²) in [6.07, 6.45) is 0.903. The molecular weight excluding hydrogens is 256 g/mol. The van der Waals surface area contributed by atoms with Crippen LogP contribution in [0.1, 0.15) is 30.7 Å². The quantitative estimate of drug-likeness (QED) is 0.876. The number of nitrogens with two attached hydrogens (primary N) is 1. The Balaban J connectivity index is 2.20. The molecule has 1 aromatic heterocycles. The maximum atomic E-state index is 12.1. The van der Waals surface area contributed by atoms with Crippen LogP contribution in [0.15, 0.2) is 10.3 Å². The first-order valence-electron chi connectivity index (χ1n) is 5.58. The molecule has 0 radical (unpaired) electrons. The second-order valence-corrected chi connectivity index (χ2v) is 8.32. The summed E-state index contributed by atoms with van der Waals surface area (Å²) >= 11 is 1.26. The molecular formula is C11H18N2O2S2. The van der Waals surface area contributed by atoms with Crippen molar-refractivity contribution in [3.8, 4) is 0 Å². The van der Waals surface area contributed by atoms with E-state index < -0.39 is 10.0 Å². The van der Waals surface area contributed by atoms with Gasteiger partial charge in [-0.1, -0.05) is 13.8 Å². The average molecular weight is 274 g/mol. The Hall–Kier alpha value is -0.430. The zero-order chi connectivity index (χ0) is 12.8. The molecule has 1 atom stereocenters. The molecule has 2 rings (SSSR count). The van der Waals surface area contributed by atoms with Crippen molar-refractivity contribution in [1.29, 1.82) is 0 Å². The van der Waals surface area contributed by atoms with Crippen LogP contribution in [0.4, 0.5) is 0 Å². The molecule has 1 saturated carbocycles. The van der Waals surface area contributed by atoms with Crippen molar-refractivity contribution in [3.05, 3.63) is 16.5 Å². The van der Waals surface area contributed by atoms with Crippen LogP contribution in [0.2, 0.25) is 0 Å². The summed E-state index contributed by atoms with van der Waals surface area (Å²) in [5, 5.41) is 0. The van der Waals surface area contributed by atoms with E-state index in [2.05, 4.69) is 18.6 Å². The maximum absolute atomic E-state index is 12.1. The highest BCUT2D eigenvalue weighted by Gasteiger charge is 2.48. The predicted molar refractivity (Wildman–Crippen MR) is 69.5 cm³/mol. The molecule has 0 saturated heterocycles. The van der Waals surface area contributed by atoms with Gasteiger partial charge in [0.2, 0.25) is 10.0 Å². The van der Waals surface area contributed by atoms with Gasteiger partial charge >= 0.3 is 0 Å². The Morgan fingerprint density at radius 1 is 1.59 bits per heavy atom. The Kier molecular flexibility index (Phi) is 3.10. The highest BCUT2D eigenvalue weighted by molar-refractivity contribution is 7.91. The van der Waals surface area contributed by atoms with Crippen LogP contribution < -0.4 is 10.5 Å². The summed E-state index contributed by atoms with van der Waals surface area (Å²) in [6, 6.07) is 1.76. The van der Waals surface area contributed by atoms with Gasteiger partial charge in [-0.3, -0.25) is 0 Å². The van der Waals surface area contributed by atoms with Crippen LogP contribution in [-0.2, 0) is 16.6 Å². The lowest BCUT2D eigenvalue weighted by Crippen LogP contribution is -2.27. The summed E-state index contributed by atoms with van der Waals surface area (Å²) < 4.78 is 27.3. The number of thiophene rings is 1. The van der Waals surface area contributed by atoms with E-state index in [-0.39, 0.29) is 11.5 Å². The first-order valence-corrected chi connectivity index (χ1v) is 7.88. The van der Waals surface area contributed by atoms with Crippen molar-refractivity contribution in [3.63, 3.8) is 0 Å². The van der Waals surface area contributed by atoms with Gasteiger partial charge in [0.25, 0.3) is 0 Å². The van der Waals surface area contributed by atoms with Crippen molar-refractivity contribution in [2.24, 2.45) is 11.1 Å². The third-order valence-electron chi connectivity index (χ3n) is 3.26. The van der Waals surface area contributed by atoms with Crippen LogP contribution in [-0.4, -0.2) is 14.5 Å². The summed E-state index contributed by atoms with van der Waals surface area (Å²) in [4.78, 5) is 0.931. The molecule has 1 heterocycles. The third-order valence-corrected chi connectivity index (χ3v) is 6.46. The molecule has 1 aliphatic carbocycles. The van der Waals surface area contributed by atoms with E-state index in [1.807, 2.05) is 6.92 Å². The Morgan fingerprint density at radius 3 is 2.59 bits per heavy atom. The minimum Gasteiger partial charge on any atom is -0.326 e. The van der Waals surface area contributed by atoms with Crippen molar-refractivity contribution < 1.29 is 8.42 Å². The SMILES string of the molecule is Cc1cc(S(=O)(=O)NC2CC2(C)C)sc1CN. The molecule has 0 amide bonds. The van der Waals surface area contributed by atoms with E-state index in [4.69, 9.17) is 5.73 Å². The molecule has 96 valence electrons. The molecule has 1 aliphatic rings. The fourth-order valence-corrected chi connectivity index (χ4v) is 4.63. The Bertz CT molecular complexity index is 532. The highest BCUT2D eigenvalue weighted by atomic mass is 32.2. The molecule has 0 bridgehead atoms. The van der Waals surface area contributed by atoms with Crippen LogP contribution in [0, 0.1) is 12.3 Å². The Labute approximate surface area is 106 Å². The highest BCUT2D eigenvalue weighted by Crippen LogP contribution is 2.45. The predicted octanol–water partition coefficient (Wildman–Crippen LogP) is 1.59. The third kappa shape index (κ3) is 2.54. The van der Waals surface area contributed by atoms with Crippen LogP contribution in [0.5, 0.6) is 0 Å². The largest absolute Gasteiger partial charge is 0.326 e. The van der Waals surface area contributed by atoms with E-state index in [0.717, 1.165) is 16.9 Å². The van der Waals surface area contributed by atoms with Gasteiger partial charge in [-0.15, -0.1) is 11.3 Å². The first-order chi connectivity index (χ1) is 7.76. The fourth-order valence-electron chi connectivity index (χ4n) is 1.74. The van der Waals surface area contributed by atoms with Gasteiger partial charge in [-0.05, 0) is 30.4 Å². The van der Waals surface area contributed by atoms with Gasteiger partial charge in [-0.2, -0.15) is 0 Å². The van der Waals surface area contributed by atoms with Crippen LogP contribution >= 0.6 is 11.3 Å². The standard InChI is InChI=1S/C11H18N2O2S2/c1-7-4-10(16-8(7)6-12)17(14,15)13-9-5-11(9,2)3/h4,9,13H,5-6,12H2,1-3H3. The summed E-state index contributed by atoms with van der Waals surface area (Å²) in [7, 11) is -3.37. The van der Waals surface area contributed by atoms with Gasteiger partial charge in [0.05, 0.1) is 0 Å². The van der Waals surface area contributed by atoms with Gasteiger partial charge < -0.3 is 5.73 Å². The number of hydrogen-bond acceptors (Lipinski definition) is 4. The molecule has 0 spiro atoms. The summed E-state index contributed by atoms with van der Waals surface area (Å²) in [6.45, 7) is 6.40. The van der Waals surface area contributed by atoms with Gasteiger partial charge in [0, 0.05) is 17.5 Å². The molecule has 6 heteroatoms. The molecule has 0 aliphatic heterocycles. The van der Waals surface area contributed by atoms with E-state index >= 15 is 0 Å². The van der Waals surface area contributed by atoms with Crippen molar-refractivity contribution in [2.45, 2.75) is 44.0 Å². The lowest BCUT2D eigenvalue weighted by atomic mass is 10.2. The molecule has 3 N–H and O–H groups in total. The number of hydrogen-bond donors (Lipinski definition) is 2. The molecule has 0 aromatic carbocycles. The minimum absolute atomic E-state index is 0.0660. The molecule has 17 heavy (non-hydrogen) atoms. The number of rotatable bonds is 4. The van der Waals surface area contributed by atoms with Crippen LogP contribution in [0.3, 0.4) is 0 Å². The number of aryl methyl sites for hydroxylation is 1. The van der Waals surface area contributed by atoms with Crippen LogP contribution in [0.25, 0.3) is 0 Å².